The number of amides is 1. The SMILES string of the molecule is COc1cc(C)c(C(C)NC(=O)C2CCCC(N)C2)cc1OC.Cl. The maximum Gasteiger partial charge on any atom is 0.223 e. The van der Waals surface area contributed by atoms with Gasteiger partial charge < -0.3 is 20.5 Å². The van der Waals surface area contributed by atoms with Crippen LogP contribution in [0.5, 0.6) is 11.5 Å². The number of nitrogens with one attached hydrogen (secondary N) is 1. The number of carbonyl (C=O) groups is 1. The average molecular weight is 357 g/mol. The Bertz CT molecular complexity index is 565. The van der Waals surface area contributed by atoms with Crippen molar-refractivity contribution in [3.63, 3.8) is 0 Å². The second-order valence-corrected chi connectivity index (χ2v) is 6.42. The molecule has 1 aliphatic carbocycles. The monoisotopic (exact) mass is 356 g/mol. The number of hydrogen-bond acceptors (Lipinski definition) is 4. The zero-order valence-corrected chi connectivity index (χ0v) is 15.7. The number of ether oxygens (including phenoxy) is 2. The van der Waals surface area contributed by atoms with Gasteiger partial charge in [-0.3, -0.25) is 4.79 Å². The summed E-state index contributed by atoms with van der Waals surface area (Å²) >= 11 is 0. The molecule has 5 nitrogen and oxygen atoms in total. The highest BCUT2D eigenvalue weighted by molar-refractivity contribution is 5.85. The molecular weight excluding hydrogens is 328 g/mol. The Kier molecular flexibility index (Phi) is 7.84. The van der Waals surface area contributed by atoms with Crippen LogP contribution >= 0.6 is 12.4 Å². The molecule has 1 aromatic carbocycles. The van der Waals surface area contributed by atoms with Gasteiger partial charge in [0.1, 0.15) is 0 Å². The van der Waals surface area contributed by atoms with Crippen molar-refractivity contribution in [2.75, 3.05) is 14.2 Å². The Hall–Kier alpha value is -1.46. The number of methoxy groups -OCH3 is 2. The Morgan fingerprint density at radius 2 is 1.88 bits per heavy atom. The predicted molar refractivity (Wildman–Crippen MR) is 98.0 cm³/mol. The van der Waals surface area contributed by atoms with E-state index in [1.807, 2.05) is 26.0 Å². The van der Waals surface area contributed by atoms with Gasteiger partial charge in [0.15, 0.2) is 11.5 Å². The van der Waals surface area contributed by atoms with Crippen LogP contribution < -0.4 is 20.5 Å². The van der Waals surface area contributed by atoms with E-state index in [-0.39, 0.29) is 36.3 Å². The third-order valence-corrected chi connectivity index (χ3v) is 4.68. The van der Waals surface area contributed by atoms with Crippen LogP contribution in [0.25, 0.3) is 0 Å². The molecule has 1 amide bonds. The summed E-state index contributed by atoms with van der Waals surface area (Å²) in [6, 6.07) is 3.94. The van der Waals surface area contributed by atoms with Crippen LogP contribution in [0.3, 0.4) is 0 Å². The first-order valence-corrected chi connectivity index (χ1v) is 8.24. The molecule has 1 fully saturated rings. The lowest BCUT2D eigenvalue weighted by atomic mass is 9.85. The number of carbonyl (C=O) groups excluding carboxylic acids is 1. The summed E-state index contributed by atoms with van der Waals surface area (Å²) in [6.07, 6.45) is 3.76. The van der Waals surface area contributed by atoms with E-state index in [2.05, 4.69) is 5.32 Å². The standard InChI is InChI=1S/C18H28N2O3.ClH/c1-11-8-16(22-3)17(23-4)10-15(11)12(2)20-18(21)13-6-5-7-14(19)9-13;/h8,10,12-14H,5-7,9,19H2,1-4H3,(H,20,21);1H. The van der Waals surface area contributed by atoms with Gasteiger partial charge in [0.05, 0.1) is 20.3 Å². The highest BCUT2D eigenvalue weighted by Crippen LogP contribution is 2.33. The first kappa shape index (κ1) is 20.6. The van der Waals surface area contributed by atoms with Gasteiger partial charge in [-0.15, -0.1) is 12.4 Å². The zero-order chi connectivity index (χ0) is 17.0. The Labute approximate surface area is 150 Å². The summed E-state index contributed by atoms with van der Waals surface area (Å²) in [5.74, 6) is 1.50. The quantitative estimate of drug-likeness (QED) is 0.850. The number of nitrogens with two attached hydrogens (primary N) is 1. The summed E-state index contributed by atoms with van der Waals surface area (Å²) in [5, 5.41) is 3.13. The van der Waals surface area contributed by atoms with E-state index in [0.29, 0.717) is 11.5 Å². The van der Waals surface area contributed by atoms with Gasteiger partial charge >= 0.3 is 0 Å². The Morgan fingerprint density at radius 3 is 2.46 bits per heavy atom. The minimum absolute atomic E-state index is 0. The number of hydrogen-bond donors (Lipinski definition) is 2. The topological polar surface area (TPSA) is 73.6 Å². The molecule has 136 valence electrons. The second kappa shape index (κ2) is 9.14. The number of halogens is 1. The maximum atomic E-state index is 12.5. The number of aryl methyl sites for hydroxylation is 1. The highest BCUT2D eigenvalue weighted by Gasteiger charge is 2.26. The van der Waals surface area contributed by atoms with Crippen molar-refractivity contribution < 1.29 is 14.3 Å². The van der Waals surface area contributed by atoms with Gasteiger partial charge in [-0.25, -0.2) is 0 Å². The number of benzene rings is 1. The van der Waals surface area contributed by atoms with E-state index < -0.39 is 0 Å². The minimum atomic E-state index is -0.0829. The first-order chi connectivity index (χ1) is 11.0. The number of rotatable bonds is 5. The molecule has 6 heteroatoms. The van der Waals surface area contributed by atoms with Crippen molar-refractivity contribution in [2.24, 2.45) is 11.7 Å². The van der Waals surface area contributed by atoms with Crippen LogP contribution in [0.1, 0.15) is 49.8 Å². The van der Waals surface area contributed by atoms with Crippen LogP contribution in [0.2, 0.25) is 0 Å². The van der Waals surface area contributed by atoms with E-state index in [0.717, 1.165) is 36.8 Å². The molecule has 1 saturated carbocycles. The summed E-state index contributed by atoms with van der Waals surface area (Å²) in [7, 11) is 3.23. The molecule has 2 rings (SSSR count). The molecule has 1 aliphatic rings. The van der Waals surface area contributed by atoms with Gasteiger partial charge in [0, 0.05) is 12.0 Å². The molecule has 1 aromatic rings. The fraction of sp³-hybridized carbons (Fsp3) is 0.611. The van der Waals surface area contributed by atoms with Crippen LogP contribution in [-0.4, -0.2) is 26.2 Å². The van der Waals surface area contributed by atoms with Gasteiger partial charge in [-0.2, -0.15) is 0 Å². The van der Waals surface area contributed by atoms with Crippen molar-refractivity contribution in [3.8, 4) is 11.5 Å². The molecule has 0 aliphatic heterocycles. The summed E-state index contributed by atoms with van der Waals surface area (Å²) in [6.45, 7) is 4.01. The summed E-state index contributed by atoms with van der Waals surface area (Å²) in [5.41, 5.74) is 8.09. The van der Waals surface area contributed by atoms with E-state index in [4.69, 9.17) is 15.2 Å². The lowest BCUT2D eigenvalue weighted by Crippen LogP contribution is -2.38. The van der Waals surface area contributed by atoms with E-state index in [1.54, 1.807) is 14.2 Å². The molecule has 0 heterocycles. The fourth-order valence-corrected chi connectivity index (χ4v) is 3.34. The van der Waals surface area contributed by atoms with Gasteiger partial charge in [0.25, 0.3) is 0 Å². The molecule has 0 saturated heterocycles. The lowest BCUT2D eigenvalue weighted by Gasteiger charge is -2.27. The van der Waals surface area contributed by atoms with E-state index in [1.165, 1.54) is 0 Å². The molecule has 0 radical (unpaired) electrons. The van der Waals surface area contributed by atoms with Gasteiger partial charge in [-0.05, 0) is 56.4 Å². The van der Waals surface area contributed by atoms with Crippen LogP contribution in [0.4, 0.5) is 0 Å². The molecule has 3 unspecified atom stereocenters. The van der Waals surface area contributed by atoms with Crippen molar-refractivity contribution in [1.82, 2.24) is 5.32 Å². The summed E-state index contributed by atoms with van der Waals surface area (Å²) in [4.78, 5) is 12.5. The van der Waals surface area contributed by atoms with Crippen molar-refractivity contribution >= 4 is 18.3 Å². The zero-order valence-electron chi connectivity index (χ0n) is 14.9. The second-order valence-electron chi connectivity index (χ2n) is 6.42. The Balaban J connectivity index is 0.00000288. The molecule has 3 atom stereocenters. The molecular formula is C18H29ClN2O3. The summed E-state index contributed by atoms with van der Waals surface area (Å²) < 4.78 is 10.7. The molecule has 0 bridgehead atoms. The van der Waals surface area contributed by atoms with Crippen LogP contribution in [0.15, 0.2) is 12.1 Å². The minimum Gasteiger partial charge on any atom is -0.493 e. The molecule has 0 aromatic heterocycles. The normalized spacial score (nSPS) is 21.4. The van der Waals surface area contributed by atoms with Crippen LogP contribution in [0, 0.1) is 12.8 Å². The highest BCUT2D eigenvalue weighted by atomic mass is 35.5. The van der Waals surface area contributed by atoms with Gasteiger partial charge in [-0.1, -0.05) is 6.42 Å². The third-order valence-electron chi connectivity index (χ3n) is 4.68. The van der Waals surface area contributed by atoms with Crippen LogP contribution in [-0.2, 0) is 4.79 Å². The molecule has 3 N–H and O–H groups in total. The predicted octanol–water partition coefficient (Wildman–Crippen LogP) is 3.13. The third kappa shape index (κ3) is 4.77. The fourth-order valence-electron chi connectivity index (χ4n) is 3.34. The maximum absolute atomic E-state index is 12.5. The van der Waals surface area contributed by atoms with E-state index in [9.17, 15) is 4.79 Å². The van der Waals surface area contributed by atoms with Crippen molar-refractivity contribution in [3.05, 3.63) is 23.3 Å². The van der Waals surface area contributed by atoms with E-state index >= 15 is 0 Å². The Morgan fingerprint density at radius 1 is 1.25 bits per heavy atom. The van der Waals surface area contributed by atoms with Crippen molar-refractivity contribution in [1.29, 1.82) is 0 Å². The first-order valence-electron chi connectivity index (χ1n) is 8.24. The van der Waals surface area contributed by atoms with Gasteiger partial charge in [0.2, 0.25) is 5.91 Å². The average Bonchev–Trinajstić information content (AvgIpc) is 2.54. The lowest BCUT2D eigenvalue weighted by molar-refractivity contribution is -0.126. The largest absolute Gasteiger partial charge is 0.493 e. The smallest absolute Gasteiger partial charge is 0.223 e. The van der Waals surface area contributed by atoms with Crippen molar-refractivity contribution in [2.45, 2.75) is 51.6 Å². The molecule has 24 heavy (non-hydrogen) atoms. The molecule has 0 spiro atoms.